The second kappa shape index (κ2) is 7.69. The summed E-state index contributed by atoms with van der Waals surface area (Å²) < 4.78 is 39.6. The van der Waals surface area contributed by atoms with Gasteiger partial charge in [-0.15, -0.1) is 0 Å². The smallest absolute Gasteiger partial charge is 0.141 e. The third kappa shape index (κ3) is 3.74. The van der Waals surface area contributed by atoms with Gasteiger partial charge < -0.3 is 14.8 Å². The molecule has 1 aliphatic carbocycles. The van der Waals surface area contributed by atoms with Crippen LogP contribution in [0.2, 0.25) is 0 Å². The third-order valence-electron chi connectivity index (χ3n) is 6.26. The van der Waals surface area contributed by atoms with E-state index < -0.39 is 12.2 Å². The van der Waals surface area contributed by atoms with Crippen molar-refractivity contribution in [3.8, 4) is 22.4 Å². The fourth-order valence-corrected chi connectivity index (χ4v) is 4.45. The van der Waals surface area contributed by atoms with E-state index in [2.05, 4.69) is 15.1 Å². The molecule has 1 fully saturated rings. The average Bonchev–Trinajstić information content (AvgIpc) is 3.33. The normalized spacial score (nSPS) is 22.7. The van der Waals surface area contributed by atoms with Crippen LogP contribution in [-0.2, 0) is 6.50 Å². The van der Waals surface area contributed by atoms with Gasteiger partial charge in [-0.3, -0.25) is 9.97 Å². The summed E-state index contributed by atoms with van der Waals surface area (Å²) in [6, 6.07) is 1.91. The van der Waals surface area contributed by atoms with Crippen molar-refractivity contribution in [2.45, 2.75) is 58.6 Å². The molecule has 4 heterocycles. The number of aromatic nitrogens is 5. The minimum Gasteiger partial charge on any atom is -0.382 e. The van der Waals surface area contributed by atoms with E-state index in [1.54, 1.807) is 30.1 Å². The standard InChI is InChI=1S/C24H27FN6O/c1-14-22(15(2)32-30-14)17-8-20-23(29-9-17)18(19-10-28-21(26)11-27-19)13-31(20)12-16-4-6-24(3,25)7-5-16/h8-11,13,16H,4-7,12H2,1-3H3,(H2,26,28)/i12D2. The monoisotopic (exact) mass is 436 g/mol. The third-order valence-corrected chi connectivity index (χ3v) is 6.26. The molecule has 1 aliphatic rings. The van der Waals surface area contributed by atoms with E-state index in [1.807, 2.05) is 19.9 Å². The second-order valence-electron chi connectivity index (χ2n) is 8.85. The number of alkyl halides is 1. The van der Waals surface area contributed by atoms with E-state index in [4.69, 9.17) is 18.0 Å². The quantitative estimate of drug-likeness (QED) is 0.468. The molecule has 4 aromatic heterocycles. The molecule has 1 saturated carbocycles. The Balaban J connectivity index is 1.69. The lowest BCUT2D eigenvalue weighted by Crippen LogP contribution is -2.27. The van der Waals surface area contributed by atoms with E-state index in [0.717, 1.165) is 16.8 Å². The molecule has 4 aromatic rings. The number of rotatable bonds is 4. The number of halogens is 1. The van der Waals surface area contributed by atoms with Gasteiger partial charge in [-0.05, 0) is 58.4 Å². The molecular weight excluding hydrogens is 407 g/mol. The summed E-state index contributed by atoms with van der Waals surface area (Å²) in [6.45, 7) is 3.54. The van der Waals surface area contributed by atoms with Gasteiger partial charge in [0.2, 0.25) is 0 Å². The zero-order valence-electron chi connectivity index (χ0n) is 20.4. The van der Waals surface area contributed by atoms with Crippen molar-refractivity contribution in [2.24, 2.45) is 5.92 Å². The maximum Gasteiger partial charge on any atom is 0.141 e. The lowest BCUT2D eigenvalue weighted by atomic mass is 9.81. The number of nitrogen functional groups attached to an aromatic ring is 1. The summed E-state index contributed by atoms with van der Waals surface area (Å²) in [6.07, 6.45) is 8.11. The van der Waals surface area contributed by atoms with Crippen molar-refractivity contribution in [1.82, 2.24) is 24.7 Å². The molecule has 0 aromatic carbocycles. The predicted octanol–water partition coefficient (Wildman–Crippen LogP) is 5.27. The zero-order valence-corrected chi connectivity index (χ0v) is 18.4. The van der Waals surface area contributed by atoms with E-state index in [-0.39, 0.29) is 5.92 Å². The summed E-state index contributed by atoms with van der Waals surface area (Å²) in [7, 11) is 0. The van der Waals surface area contributed by atoms with Crippen LogP contribution in [0.1, 0.15) is 46.8 Å². The molecule has 166 valence electrons. The first-order valence-electron chi connectivity index (χ1n) is 11.8. The van der Waals surface area contributed by atoms with Crippen molar-refractivity contribution in [3.05, 3.63) is 42.3 Å². The fraction of sp³-hybridized carbons (Fsp3) is 0.417. The van der Waals surface area contributed by atoms with Gasteiger partial charge in [0, 0.05) is 35.6 Å². The number of nitrogens with zero attached hydrogens (tertiary/aromatic N) is 5. The van der Waals surface area contributed by atoms with Crippen molar-refractivity contribution < 1.29 is 11.7 Å². The van der Waals surface area contributed by atoms with E-state index in [9.17, 15) is 4.39 Å². The number of nitrogens with two attached hydrogens (primary N) is 1. The topological polar surface area (TPSA) is 95.7 Å². The summed E-state index contributed by atoms with van der Waals surface area (Å²) in [5.41, 5.74) is 9.25. The minimum absolute atomic E-state index is 0.299. The molecule has 5 rings (SSSR count). The average molecular weight is 437 g/mol. The van der Waals surface area contributed by atoms with Crippen LogP contribution in [0.5, 0.6) is 0 Å². The molecule has 0 spiro atoms. The van der Waals surface area contributed by atoms with Crippen LogP contribution in [-0.4, -0.2) is 30.3 Å². The van der Waals surface area contributed by atoms with Gasteiger partial charge >= 0.3 is 0 Å². The predicted molar refractivity (Wildman–Crippen MR) is 122 cm³/mol. The molecule has 0 amide bonds. The highest BCUT2D eigenvalue weighted by Crippen LogP contribution is 2.38. The lowest BCUT2D eigenvalue weighted by molar-refractivity contribution is 0.0985. The van der Waals surface area contributed by atoms with Crippen molar-refractivity contribution in [3.63, 3.8) is 0 Å². The molecule has 0 aliphatic heterocycles. The Bertz CT molecular complexity index is 1330. The van der Waals surface area contributed by atoms with Crippen LogP contribution in [0.15, 0.2) is 35.4 Å². The number of fused-ring (bicyclic) bond motifs is 1. The van der Waals surface area contributed by atoms with Crippen molar-refractivity contribution in [1.29, 1.82) is 0 Å². The first-order chi connectivity index (χ1) is 16.1. The van der Waals surface area contributed by atoms with E-state index in [1.165, 1.54) is 6.20 Å². The van der Waals surface area contributed by atoms with Crippen molar-refractivity contribution >= 4 is 16.9 Å². The van der Waals surface area contributed by atoms with Gasteiger partial charge in [-0.25, -0.2) is 9.37 Å². The van der Waals surface area contributed by atoms with Crippen LogP contribution < -0.4 is 5.73 Å². The van der Waals surface area contributed by atoms with Crippen LogP contribution in [0.3, 0.4) is 0 Å². The second-order valence-corrected chi connectivity index (χ2v) is 8.85. The van der Waals surface area contributed by atoms with Crippen LogP contribution in [0.4, 0.5) is 10.2 Å². The number of aryl methyl sites for hydroxylation is 2. The van der Waals surface area contributed by atoms with Gasteiger partial charge in [-0.1, -0.05) is 5.16 Å². The molecule has 8 heteroatoms. The number of pyridine rings is 1. The van der Waals surface area contributed by atoms with Gasteiger partial charge in [-0.2, -0.15) is 0 Å². The summed E-state index contributed by atoms with van der Waals surface area (Å²) in [4.78, 5) is 13.2. The number of hydrogen-bond donors (Lipinski definition) is 1. The Kier molecular flexibility index (Phi) is 4.40. The zero-order chi connectivity index (χ0) is 24.3. The van der Waals surface area contributed by atoms with E-state index >= 15 is 0 Å². The largest absolute Gasteiger partial charge is 0.382 e. The summed E-state index contributed by atoms with van der Waals surface area (Å²) >= 11 is 0. The van der Waals surface area contributed by atoms with Crippen LogP contribution in [0.25, 0.3) is 33.4 Å². The van der Waals surface area contributed by atoms with Crippen LogP contribution >= 0.6 is 0 Å². The molecule has 0 atom stereocenters. The highest BCUT2D eigenvalue weighted by molar-refractivity contribution is 5.94. The van der Waals surface area contributed by atoms with Gasteiger partial charge in [0.05, 0.1) is 37.6 Å². The maximum atomic E-state index is 14.5. The Morgan fingerprint density at radius 1 is 1.22 bits per heavy atom. The number of anilines is 1. The molecule has 32 heavy (non-hydrogen) atoms. The Morgan fingerprint density at radius 3 is 2.66 bits per heavy atom. The maximum absolute atomic E-state index is 14.5. The lowest BCUT2D eigenvalue weighted by Gasteiger charge is -2.31. The molecule has 0 bridgehead atoms. The van der Waals surface area contributed by atoms with Gasteiger partial charge in [0.25, 0.3) is 0 Å². The van der Waals surface area contributed by atoms with E-state index in [0.29, 0.717) is 59.6 Å². The summed E-state index contributed by atoms with van der Waals surface area (Å²) in [5.74, 6) is 0.631. The number of hydrogen-bond acceptors (Lipinski definition) is 6. The molecule has 0 radical (unpaired) electrons. The SMILES string of the molecule is [2H]C([2H])(C1CCC(C)(F)CC1)n1cc(-c2cnc(N)cn2)c2ncc(-c3c(C)noc3C)cc21. The van der Waals surface area contributed by atoms with Crippen molar-refractivity contribution in [2.75, 3.05) is 5.73 Å². The molecular formula is C24H27FN6O. The summed E-state index contributed by atoms with van der Waals surface area (Å²) in [5, 5.41) is 4.04. The highest BCUT2D eigenvalue weighted by atomic mass is 19.1. The molecule has 2 N–H and O–H groups in total. The van der Waals surface area contributed by atoms with Crippen LogP contribution in [0, 0.1) is 19.8 Å². The molecule has 0 saturated heterocycles. The fourth-order valence-electron chi connectivity index (χ4n) is 4.45. The highest BCUT2D eigenvalue weighted by Gasteiger charge is 2.31. The molecule has 7 nitrogen and oxygen atoms in total. The van der Waals surface area contributed by atoms with Gasteiger partial charge in [0.1, 0.15) is 17.2 Å². The minimum atomic E-state index is -1.76. The van der Waals surface area contributed by atoms with Gasteiger partial charge in [0.15, 0.2) is 0 Å². The first kappa shape index (κ1) is 18.3. The Morgan fingerprint density at radius 2 is 2.00 bits per heavy atom. The first-order valence-corrected chi connectivity index (χ1v) is 10.8. The Hall–Kier alpha value is -3.29. The Labute approximate surface area is 188 Å². The molecule has 0 unspecified atom stereocenters.